The van der Waals surface area contributed by atoms with Crippen LogP contribution in [0.1, 0.15) is 29.6 Å². The van der Waals surface area contributed by atoms with E-state index in [1.165, 1.54) is 6.20 Å². The third-order valence-corrected chi connectivity index (χ3v) is 4.08. The van der Waals surface area contributed by atoms with E-state index in [1.54, 1.807) is 7.11 Å². The first-order valence-corrected chi connectivity index (χ1v) is 7.09. The zero-order chi connectivity index (χ0) is 14.8. The highest BCUT2D eigenvalue weighted by Gasteiger charge is 2.25. The van der Waals surface area contributed by atoms with Crippen LogP contribution in [-0.2, 0) is 4.74 Å². The molecule has 5 nitrogen and oxygen atoms in total. The van der Waals surface area contributed by atoms with Crippen LogP contribution in [0.2, 0.25) is 0 Å². The van der Waals surface area contributed by atoms with E-state index in [4.69, 9.17) is 4.74 Å². The minimum absolute atomic E-state index is 0.234. The SMILES string of the molecule is COC1CCC(Nc2ncc(C(=O)O)c3ccccc23)C1. The second kappa shape index (κ2) is 5.69. The Hall–Kier alpha value is -2.14. The van der Waals surface area contributed by atoms with Gasteiger partial charge in [-0.3, -0.25) is 0 Å². The number of carbonyl (C=O) groups is 1. The lowest BCUT2D eigenvalue weighted by Gasteiger charge is -2.16. The van der Waals surface area contributed by atoms with Crippen LogP contribution in [0.15, 0.2) is 30.5 Å². The first-order chi connectivity index (χ1) is 10.2. The van der Waals surface area contributed by atoms with Gasteiger partial charge in [-0.2, -0.15) is 0 Å². The number of carboxylic acids is 1. The average molecular weight is 286 g/mol. The van der Waals surface area contributed by atoms with Crippen LogP contribution in [0.5, 0.6) is 0 Å². The van der Waals surface area contributed by atoms with Crippen molar-refractivity contribution in [3.05, 3.63) is 36.0 Å². The quantitative estimate of drug-likeness (QED) is 0.904. The summed E-state index contributed by atoms with van der Waals surface area (Å²) in [6.45, 7) is 0. The average Bonchev–Trinajstić information content (AvgIpc) is 2.95. The number of rotatable bonds is 4. The number of aromatic nitrogens is 1. The number of pyridine rings is 1. The Morgan fingerprint density at radius 2 is 2.10 bits per heavy atom. The summed E-state index contributed by atoms with van der Waals surface area (Å²) in [4.78, 5) is 15.6. The van der Waals surface area contributed by atoms with Crippen LogP contribution in [0.3, 0.4) is 0 Å². The van der Waals surface area contributed by atoms with E-state index < -0.39 is 5.97 Å². The van der Waals surface area contributed by atoms with Crippen LogP contribution >= 0.6 is 0 Å². The molecule has 0 saturated heterocycles. The van der Waals surface area contributed by atoms with Gasteiger partial charge in [0.25, 0.3) is 0 Å². The highest BCUT2D eigenvalue weighted by molar-refractivity contribution is 6.06. The Morgan fingerprint density at radius 3 is 2.76 bits per heavy atom. The normalized spacial score (nSPS) is 21.6. The van der Waals surface area contributed by atoms with Gasteiger partial charge in [-0.1, -0.05) is 24.3 Å². The molecular weight excluding hydrogens is 268 g/mol. The number of fused-ring (bicyclic) bond motifs is 1. The minimum atomic E-state index is -0.953. The van der Waals surface area contributed by atoms with Crippen molar-refractivity contribution in [2.24, 2.45) is 0 Å². The van der Waals surface area contributed by atoms with E-state index in [1.807, 2.05) is 24.3 Å². The maximum Gasteiger partial charge on any atom is 0.337 e. The van der Waals surface area contributed by atoms with Crippen molar-refractivity contribution >= 4 is 22.6 Å². The number of benzene rings is 1. The number of nitrogens with zero attached hydrogens (tertiary/aromatic N) is 1. The zero-order valence-corrected chi connectivity index (χ0v) is 11.9. The molecule has 2 unspecified atom stereocenters. The molecule has 0 spiro atoms. The summed E-state index contributed by atoms with van der Waals surface area (Å²) < 4.78 is 5.38. The van der Waals surface area contributed by atoms with Gasteiger partial charge >= 0.3 is 5.97 Å². The van der Waals surface area contributed by atoms with Gasteiger partial charge < -0.3 is 15.2 Å². The van der Waals surface area contributed by atoms with Gasteiger partial charge in [0.05, 0.1) is 11.7 Å². The maximum absolute atomic E-state index is 11.3. The van der Waals surface area contributed by atoms with Gasteiger partial charge in [0.1, 0.15) is 5.82 Å². The second-order valence-electron chi connectivity index (χ2n) is 5.38. The number of ether oxygens (including phenoxy) is 1. The van der Waals surface area contributed by atoms with Crippen molar-refractivity contribution in [2.75, 3.05) is 12.4 Å². The van der Waals surface area contributed by atoms with Crippen molar-refractivity contribution in [2.45, 2.75) is 31.4 Å². The summed E-state index contributed by atoms with van der Waals surface area (Å²) in [6, 6.07) is 7.78. The third kappa shape index (κ3) is 2.69. The van der Waals surface area contributed by atoms with Crippen LogP contribution in [0.25, 0.3) is 10.8 Å². The smallest absolute Gasteiger partial charge is 0.337 e. The van der Waals surface area contributed by atoms with E-state index in [9.17, 15) is 9.90 Å². The zero-order valence-electron chi connectivity index (χ0n) is 11.9. The summed E-state index contributed by atoms with van der Waals surface area (Å²) in [5, 5.41) is 14.2. The van der Waals surface area contributed by atoms with E-state index in [2.05, 4.69) is 10.3 Å². The summed E-state index contributed by atoms with van der Waals surface area (Å²) >= 11 is 0. The van der Waals surface area contributed by atoms with Crippen LogP contribution < -0.4 is 5.32 Å². The number of hydrogen-bond acceptors (Lipinski definition) is 4. The number of nitrogens with one attached hydrogen (secondary N) is 1. The fourth-order valence-electron chi connectivity index (χ4n) is 2.96. The molecule has 1 aromatic heterocycles. The first-order valence-electron chi connectivity index (χ1n) is 7.09. The molecule has 1 aliphatic carbocycles. The molecule has 0 amide bonds. The first kappa shape index (κ1) is 13.8. The molecule has 5 heteroatoms. The number of methoxy groups -OCH3 is 1. The lowest BCUT2D eigenvalue weighted by molar-refractivity contribution is 0.0698. The van der Waals surface area contributed by atoms with Gasteiger partial charge in [0.2, 0.25) is 0 Å². The summed E-state index contributed by atoms with van der Waals surface area (Å²) in [5.41, 5.74) is 0.234. The van der Waals surface area contributed by atoms with E-state index in [0.717, 1.165) is 30.5 Å². The molecule has 2 aromatic rings. The molecule has 3 rings (SSSR count). The molecule has 21 heavy (non-hydrogen) atoms. The van der Waals surface area contributed by atoms with Crippen molar-refractivity contribution in [3.63, 3.8) is 0 Å². The number of aromatic carboxylic acids is 1. The monoisotopic (exact) mass is 286 g/mol. The molecule has 0 aliphatic heterocycles. The van der Waals surface area contributed by atoms with Crippen LogP contribution in [-0.4, -0.2) is 35.3 Å². The summed E-state index contributed by atoms with van der Waals surface area (Å²) in [7, 11) is 1.74. The van der Waals surface area contributed by atoms with Crippen LogP contribution in [0, 0.1) is 0 Å². The van der Waals surface area contributed by atoms with Crippen molar-refractivity contribution < 1.29 is 14.6 Å². The van der Waals surface area contributed by atoms with Gasteiger partial charge in [-0.25, -0.2) is 9.78 Å². The van der Waals surface area contributed by atoms with E-state index >= 15 is 0 Å². The molecule has 110 valence electrons. The highest BCUT2D eigenvalue weighted by atomic mass is 16.5. The predicted molar refractivity (Wildman–Crippen MR) is 80.8 cm³/mol. The molecule has 1 saturated carbocycles. The fraction of sp³-hybridized carbons (Fsp3) is 0.375. The van der Waals surface area contributed by atoms with Gasteiger partial charge in [-0.15, -0.1) is 0 Å². The van der Waals surface area contributed by atoms with Crippen molar-refractivity contribution in [3.8, 4) is 0 Å². The van der Waals surface area contributed by atoms with Gasteiger partial charge in [0.15, 0.2) is 0 Å². The lowest BCUT2D eigenvalue weighted by Crippen LogP contribution is -2.18. The molecule has 1 heterocycles. The Bertz CT molecular complexity index is 672. The molecule has 0 radical (unpaired) electrons. The van der Waals surface area contributed by atoms with Crippen molar-refractivity contribution in [1.29, 1.82) is 0 Å². The number of anilines is 1. The van der Waals surface area contributed by atoms with Crippen LogP contribution in [0.4, 0.5) is 5.82 Å². The molecule has 1 aliphatic rings. The molecular formula is C16H18N2O3. The summed E-state index contributed by atoms with van der Waals surface area (Å²) in [6.07, 6.45) is 4.75. The fourth-order valence-corrected chi connectivity index (χ4v) is 2.96. The molecule has 1 aromatic carbocycles. The Morgan fingerprint density at radius 1 is 1.33 bits per heavy atom. The van der Waals surface area contributed by atoms with E-state index in [0.29, 0.717) is 17.5 Å². The van der Waals surface area contributed by atoms with Gasteiger partial charge in [0, 0.05) is 30.1 Å². The largest absolute Gasteiger partial charge is 0.478 e. The van der Waals surface area contributed by atoms with Crippen molar-refractivity contribution in [1.82, 2.24) is 4.98 Å². The topological polar surface area (TPSA) is 71.5 Å². The molecule has 2 N–H and O–H groups in total. The molecule has 2 atom stereocenters. The molecule has 0 bridgehead atoms. The molecule has 1 fully saturated rings. The van der Waals surface area contributed by atoms with Gasteiger partial charge in [-0.05, 0) is 19.3 Å². The summed E-state index contributed by atoms with van der Waals surface area (Å²) in [5.74, 6) is -0.206. The second-order valence-corrected chi connectivity index (χ2v) is 5.38. The minimum Gasteiger partial charge on any atom is -0.478 e. The number of hydrogen-bond donors (Lipinski definition) is 2. The Labute approximate surface area is 123 Å². The predicted octanol–water partition coefficient (Wildman–Crippen LogP) is 2.91. The lowest BCUT2D eigenvalue weighted by atomic mass is 10.1. The third-order valence-electron chi connectivity index (χ3n) is 4.08. The Balaban J connectivity index is 1.93. The Kier molecular flexibility index (Phi) is 3.75. The highest BCUT2D eigenvalue weighted by Crippen LogP contribution is 2.29. The number of carboxylic acid groups (broad SMARTS) is 1. The van der Waals surface area contributed by atoms with E-state index in [-0.39, 0.29) is 5.56 Å². The maximum atomic E-state index is 11.3. The standard InChI is InChI=1S/C16H18N2O3/c1-21-11-7-6-10(8-11)18-15-13-5-3-2-4-12(13)14(9-17-15)16(19)20/h2-5,9-11H,6-8H2,1H3,(H,17,18)(H,19,20).